The maximum atomic E-state index is 6.04. The molecule has 200 valence electrons. The van der Waals surface area contributed by atoms with E-state index in [1.54, 1.807) is 24.8 Å². The molecule has 9 heteroatoms. The number of hydrogen-bond donors (Lipinski definition) is 1. The second kappa shape index (κ2) is 11.7. The quantitative estimate of drug-likeness (QED) is 0.222. The van der Waals surface area contributed by atoms with E-state index >= 15 is 0 Å². The summed E-state index contributed by atoms with van der Waals surface area (Å²) in [4.78, 5) is 18.0. The molecule has 2 aromatic carbocycles. The third-order valence-corrected chi connectivity index (χ3v) is 9.25. The van der Waals surface area contributed by atoms with Crippen molar-refractivity contribution in [3.63, 3.8) is 0 Å². The number of benzene rings is 2. The first-order valence-corrected chi connectivity index (χ1v) is 14.6. The van der Waals surface area contributed by atoms with Crippen LogP contribution in [0.15, 0.2) is 73.1 Å². The summed E-state index contributed by atoms with van der Waals surface area (Å²) in [5.41, 5.74) is 2.95. The fraction of sp³-hybridized carbons (Fsp3) is 0.267. The lowest BCUT2D eigenvalue weighted by Crippen LogP contribution is -2.43. The number of anilines is 2. The van der Waals surface area contributed by atoms with Crippen LogP contribution in [0.5, 0.6) is 11.5 Å². The lowest BCUT2D eigenvalue weighted by atomic mass is 10.2. The Labute approximate surface area is 236 Å². The number of aromatic nitrogens is 2. The fourth-order valence-corrected chi connectivity index (χ4v) is 6.76. The molecule has 0 spiro atoms. The number of ether oxygens (including phenoxy) is 2. The van der Waals surface area contributed by atoms with Gasteiger partial charge in [-0.3, -0.25) is 4.90 Å². The molecule has 1 saturated heterocycles. The zero-order valence-corrected chi connectivity index (χ0v) is 23.7. The van der Waals surface area contributed by atoms with Gasteiger partial charge in [-0.2, -0.15) is 0 Å². The van der Waals surface area contributed by atoms with Crippen molar-refractivity contribution in [3.05, 3.63) is 83.5 Å². The van der Waals surface area contributed by atoms with Crippen LogP contribution in [0.25, 0.3) is 20.0 Å². The summed E-state index contributed by atoms with van der Waals surface area (Å²) in [6, 6.07) is 22.5. The Kier molecular flexibility index (Phi) is 7.74. The Morgan fingerprint density at radius 3 is 2.54 bits per heavy atom. The van der Waals surface area contributed by atoms with Crippen molar-refractivity contribution in [2.75, 3.05) is 45.7 Å². The smallest absolute Gasteiger partial charge is 0.151 e. The molecule has 1 fully saturated rings. The van der Waals surface area contributed by atoms with Gasteiger partial charge in [0.15, 0.2) is 5.82 Å². The van der Waals surface area contributed by atoms with Gasteiger partial charge in [-0.15, -0.1) is 22.7 Å². The number of thiophene rings is 2. The summed E-state index contributed by atoms with van der Waals surface area (Å²) in [5.74, 6) is 2.43. The zero-order chi connectivity index (χ0) is 26.6. The molecule has 4 heterocycles. The summed E-state index contributed by atoms with van der Waals surface area (Å²) in [6.45, 7) is 6.04. The molecule has 1 aliphatic rings. The van der Waals surface area contributed by atoms with E-state index in [-0.39, 0.29) is 0 Å². The summed E-state index contributed by atoms with van der Waals surface area (Å²) < 4.78 is 12.3. The normalized spacial score (nSPS) is 14.5. The fourth-order valence-electron chi connectivity index (χ4n) is 4.58. The number of methoxy groups -OCH3 is 1. The van der Waals surface area contributed by atoms with Crippen LogP contribution < -0.4 is 14.8 Å². The number of hydrogen-bond acceptors (Lipinski definition) is 9. The van der Waals surface area contributed by atoms with Gasteiger partial charge in [-0.1, -0.05) is 18.2 Å². The van der Waals surface area contributed by atoms with E-state index in [9.17, 15) is 0 Å². The Morgan fingerprint density at radius 1 is 0.872 bits per heavy atom. The first-order chi connectivity index (χ1) is 19.1. The van der Waals surface area contributed by atoms with Crippen LogP contribution in [0.4, 0.5) is 11.5 Å². The summed E-state index contributed by atoms with van der Waals surface area (Å²) >= 11 is 3.61. The van der Waals surface area contributed by atoms with Gasteiger partial charge in [-0.05, 0) is 55.1 Å². The van der Waals surface area contributed by atoms with Crippen LogP contribution in [0, 0.1) is 0 Å². The van der Waals surface area contributed by atoms with Crippen LogP contribution in [-0.2, 0) is 13.2 Å². The van der Waals surface area contributed by atoms with Gasteiger partial charge in [0.2, 0.25) is 0 Å². The molecule has 0 atom stereocenters. The Morgan fingerprint density at radius 2 is 1.72 bits per heavy atom. The highest BCUT2D eigenvalue weighted by molar-refractivity contribution is 7.26. The van der Waals surface area contributed by atoms with E-state index in [2.05, 4.69) is 50.3 Å². The molecule has 6 rings (SSSR count). The lowest BCUT2D eigenvalue weighted by Gasteiger charge is -2.31. The van der Waals surface area contributed by atoms with Crippen molar-refractivity contribution < 1.29 is 9.47 Å². The number of nitrogens with zero attached hydrogens (tertiary/aromatic N) is 4. The van der Waals surface area contributed by atoms with E-state index in [0.29, 0.717) is 6.61 Å². The highest BCUT2D eigenvalue weighted by atomic mass is 32.1. The van der Waals surface area contributed by atoms with Gasteiger partial charge < -0.3 is 19.7 Å². The topological polar surface area (TPSA) is 62.8 Å². The van der Waals surface area contributed by atoms with Crippen molar-refractivity contribution in [1.29, 1.82) is 0 Å². The molecule has 0 unspecified atom stereocenters. The average molecular weight is 558 g/mol. The molecule has 0 saturated carbocycles. The molecule has 0 aliphatic carbocycles. The molecule has 7 nitrogen and oxygen atoms in total. The molecule has 3 aromatic heterocycles. The molecule has 39 heavy (non-hydrogen) atoms. The first kappa shape index (κ1) is 25.8. The van der Waals surface area contributed by atoms with Crippen LogP contribution >= 0.6 is 22.7 Å². The summed E-state index contributed by atoms with van der Waals surface area (Å²) in [5, 5.41) is 3.48. The summed E-state index contributed by atoms with van der Waals surface area (Å²) in [6.07, 6.45) is 1.62. The minimum Gasteiger partial charge on any atom is -0.497 e. The highest BCUT2D eigenvalue weighted by Crippen LogP contribution is 2.39. The van der Waals surface area contributed by atoms with Crippen molar-refractivity contribution in [2.24, 2.45) is 0 Å². The van der Waals surface area contributed by atoms with Gasteiger partial charge in [0.05, 0.1) is 17.3 Å². The van der Waals surface area contributed by atoms with E-state index in [1.807, 2.05) is 59.9 Å². The van der Waals surface area contributed by atoms with Crippen LogP contribution in [0.3, 0.4) is 0 Å². The number of piperazine rings is 1. The average Bonchev–Trinajstić information content (AvgIpc) is 3.61. The zero-order valence-electron chi connectivity index (χ0n) is 22.1. The van der Waals surface area contributed by atoms with E-state index in [4.69, 9.17) is 9.47 Å². The Hall–Kier alpha value is -3.50. The number of nitrogens with one attached hydrogen (secondary N) is 1. The molecule has 5 aromatic rings. The highest BCUT2D eigenvalue weighted by Gasteiger charge is 2.16. The molecule has 1 aliphatic heterocycles. The molecular weight excluding hydrogens is 526 g/mol. The minimum absolute atomic E-state index is 0.483. The minimum atomic E-state index is 0.483. The predicted octanol–water partition coefficient (Wildman–Crippen LogP) is 6.50. The standard InChI is InChI=1S/C30H31N5O2S2/c1-34-12-14-35(15-13-34)18-25-10-11-27(38-25)28-17-26-29(39-28)30(32-20-31-26)33-22-4-3-5-24(16-22)37-19-21-6-8-23(36-2)9-7-21/h3-11,16-17,20H,12-15,18-19H2,1-2H3,(H,31,32,33). The molecule has 0 amide bonds. The molecule has 0 bridgehead atoms. The van der Waals surface area contributed by atoms with Gasteiger partial charge >= 0.3 is 0 Å². The second-order valence-corrected chi connectivity index (χ2v) is 11.9. The van der Waals surface area contributed by atoms with Crippen LogP contribution in [0.1, 0.15) is 10.4 Å². The van der Waals surface area contributed by atoms with Gasteiger partial charge in [-0.25, -0.2) is 9.97 Å². The third-order valence-electron chi connectivity index (χ3n) is 6.85. The molecule has 0 radical (unpaired) electrons. The monoisotopic (exact) mass is 557 g/mol. The first-order valence-electron chi connectivity index (χ1n) is 13.0. The van der Waals surface area contributed by atoms with Crippen molar-refractivity contribution in [2.45, 2.75) is 13.2 Å². The van der Waals surface area contributed by atoms with Gasteiger partial charge in [0.25, 0.3) is 0 Å². The molecule has 1 N–H and O–H groups in total. The largest absolute Gasteiger partial charge is 0.497 e. The van der Waals surface area contributed by atoms with Crippen LogP contribution in [0.2, 0.25) is 0 Å². The van der Waals surface area contributed by atoms with Crippen molar-refractivity contribution >= 4 is 44.4 Å². The van der Waals surface area contributed by atoms with E-state index in [1.165, 1.54) is 14.6 Å². The molecular formula is C30H31N5O2S2. The summed E-state index contributed by atoms with van der Waals surface area (Å²) in [7, 11) is 3.86. The maximum absolute atomic E-state index is 6.04. The predicted molar refractivity (Wildman–Crippen MR) is 161 cm³/mol. The number of rotatable bonds is 9. The second-order valence-electron chi connectivity index (χ2n) is 9.68. The van der Waals surface area contributed by atoms with E-state index in [0.717, 1.165) is 71.5 Å². The van der Waals surface area contributed by atoms with E-state index < -0.39 is 0 Å². The number of likely N-dealkylation sites (N-methyl/N-ethyl adjacent to an activating group) is 1. The Balaban J connectivity index is 1.14. The SMILES string of the molecule is COc1ccc(COc2cccc(Nc3ncnc4cc(-c5ccc(CN6CCN(C)CC6)s5)sc34)c2)cc1. The van der Waals surface area contributed by atoms with Gasteiger partial charge in [0.1, 0.15) is 24.4 Å². The third kappa shape index (κ3) is 6.23. The van der Waals surface area contributed by atoms with Gasteiger partial charge in [0, 0.05) is 59.1 Å². The maximum Gasteiger partial charge on any atom is 0.151 e. The Bertz CT molecular complexity index is 1540. The number of fused-ring (bicyclic) bond motifs is 1. The van der Waals surface area contributed by atoms with Crippen molar-refractivity contribution in [3.8, 4) is 21.3 Å². The van der Waals surface area contributed by atoms with Crippen LogP contribution in [-0.4, -0.2) is 60.1 Å². The van der Waals surface area contributed by atoms with Crippen molar-refractivity contribution in [1.82, 2.24) is 19.8 Å². The lowest BCUT2D eigenvalue weighted by molar-refractivity contribution is 0.149.